The first-order valence-corrected chi connectivity index (χ1v) is 6.56. The molecule has 0 atom stereocenters. The summed E-state index contributed by atoms with van der Waals surface area (Å²) in [4.78, 5) is 12.9. The molecule has 0 heterocycles. The number of hydrogen-bond donors (Lipinski definition) is 2. The molecule has 0 bridgehead atoms. The summed E-state index contributed by atoms with van der Waals surface area (Å²) in [7, 11) is 0. The average molecular weight is 266 g/mol. The van der Waals surface area contributed by atoms with Crippen molar-refractivity contribution in [2.45, 2.75) is 38.3 Å². The maximum atomic E-state index is 14.1. The molecule has 0 spiro atoms. The second-order valence-electron chi connectivity index (χ2n) is 4.98. The number of amides is 1. The van der Waals surface area contributed by atoms with Gasteiger partial charge in [0, 0.05) is 6.04 Å². The summed E-state index contributed by atoms with van der Waals surface area (Å²) in [5.74, 6) is -0.878. The standard InChI is InChI=1S/C14H19FN2O2/c15-12-7-10(9-18)5-6-13(12)17(8-14(16)19)11-3-1-2-4-11/h5-7,11,18H,1-4,8-9H2,(H2,16,19). The topological polar surface area (TPSA) is 66.6 Å². The van der Waals surface area contributed by atoms with Gasteiger partial charge in [0.25, 0.3) is 0 Å². The number of nitrogens with two attached hydrogens (primary N) is 1. The summed E-state index contributed by atoms with van der Waals surface area (Å²) < 4.78 is 14.1. The molecule has 1 aliphatic rings. The first-order valence-electron chi connectivity index (χ1n) is 6.56. The molecule has 0 radical (unpaired) electrons. The van der Waals surface area contributed by atoms with Crippen LogP contribution in [0.3, 0.4) is 0 Å². The van der Waals surface area contributed by atoms with Gasteiger partial charge in [0.15, 0.2) is 0 Å². The number of carbonyl (C=O) groups is 1. The van der Waals surface area contributed by atoms with E-state index in [9.17, 15) is 9.18 Å². The highest BCUT2D eigenvalue weighted by atomic mass is 19.1. The van der Waals surface area contributed by atoms with E-state index in [4.69, 9.17) is 10.8 Å². The predicted octanol–water partition coefficient (Wildman–Crippen LogP) is 1.55. The maximum Gasteiger partial charge on any atom is 0.236 e. The van der Waals surface area contributed by atoms with Crippen LogP contribution in [0.1, 0.15) is 31.2 Å². The molecule has 5 heteroatoms. The van der Waals surface area contributed by atoms with Gasteiger partial charge in [-0.15, -0.1) is 0 Å². The lowest BCUT2D eigenvalue weighted by atomic mass is 10.1. The summed E-state index contributed by atoms with van der Waals surface area (Å²) >= 11 is 0. The van der Waals surface area contributed by atoms with Crippen LogP contribution in [0.5, 0.6) is 0 Å². The van der Waals surface area contributed by atoms with Crippen LogP contribution in [0.25, 0.3) is 0 Å². The highest BCUT2D eigenvalue weighted by Gasteiger charge is 2.26. The molecule has 1 fully saturated rings. The van der Waals surface area contributed by atoms with E-state index < -0.39 is 11.7 Å². The van der Waals surface area contributed by atoms with Crippen LogP contribution in [0.4, 0.5) is 10.1 Å². The van der Waals surface area contributed by atoms with E-state index in [1.807, 2.05) is 0 Å². The van der Waals surface area contributed by atoms with Gasteiger partial charge in [-0.05, 0) is 30.5 Å². The molecule has 0 saturated heterocycles. The van der Waals surface area contributed by atoms with Gasteiger partial charge in [-0.1, -0.05) is 18.9 Å². The van der Waals surface area contributed by atoms with Crippen LogP contribution in [0.2, 0.25) is 0 Å². The number of rotatable bonds is 5. The number of halogens is 1. The molecule has 19 heavy (non-hydrogen) atoms. The van der Waals surface area contributed by atoms with Crippen molar-refractivity contribution in [3.8, 4) is 0 Å². The third-order valence-electron chi connectivity index (χ3n) is 3.60. The second-order valence-corrected chi connectivity index (χ2v) is 4.98. The van der Waals surface area contributed by atoms with E-state index in [1.54, 1.807) is 17.0 Å². The molecule has 1 saturated carbocycles. The summed E-state index contributed by atoms with van der Waals surface area (Å²) in [6.07, 6.45) is 4.09. The molecule has 3 N–H and O–H groups in total. The lowest BCUT2D eigenvalue weighted by molar-refractivity contribution is -0.116. The first kappa shape index (κ1) is 13.8. The van der Waals surface area contributed by atoms with Crippen LogP contribution in [0.15, 0.2) is 18.2 Å². The van der Waals surface area contributed by atoms with Gasteiger partial charge in [-0.3, -0.25) is 4.79 Å². The monoisotopic (exact) mass is 266 g/mol. The molecule has 1 amide bonds. The quantitative estimate of drug-likeness (QED) is 0.849. The number of aliphatic hydroxyl groups is 1. The summed E-state index contributed by atoms with van der Waals surface area (Å²) in [5, 5.41) is 8.99. The van der Waals surface area contributed by atoms with Crippen molar-refractivity contribution in [1.29, 1.82) is 0 Å². The predicted molar refractivity (Wildman–Crippen MR) is 71.1 cm³/mol. The van der Waals surface area contributed by atoms with Crippen LogP contribution in [-0.2, 0) is 11.4 Å². The van der Waals surface area contributed by atoms with E-state index in [-0.39, 0.29) is 19.2 Å². The third-order valence-corrected chi connectivity index (χ3v) is 3.60. The zero-order chi connectivity index (χ0) is 13.8. The van der Waals surface area contributed by atoms with Crippen LogP contribution >= 0.6 is 0 Å². The summed E-state index contributed by atoms with van der Waals surface area (Å²) in [6.45, 7) is -0.170. The molecular weight excluding hydrogens is 247 g/mol. The largest absolute Gasteiger partial charge is 0.392 e. The summed E-state index contributed by atoms with van der Waals surface area (Å²) in [6, 6.07) is 4.75. The van der Waals surface area contributed by atoms with E-state index in [0.29, 0.717) is 11.3 Å². The molecule has 1 aliphatic carbocycles. The zero-order valence-electron chi connectivity index (χ0n) is 10.8. The molecule has 4 nitrogen and oxygen atoms in total. The molecule has 0 aromatic heterocycles. The number of nitrogens with zero attached hydrogens (tertiary/aromatic N) is 1. The minimum absolute atomic E-state index is 0.0278. The Morgan fingerprint density at radius 1 is 1.42 bits per heavy atom. The Kier molecular flexibility index (Phi) is 4.37. The normalized spacial score (nSPS) is 15.7. The first-order chi connectivity index (χ1) is 9.11. The zero-order valence-corrected chi connectivity index (χ0v) is 10.8. The SMILES string of the molecule is NC(=O)CN(c1ccc(CO)cc1F)C1CCCC1. The van der Waals surface area contributed by atoms with Gasteiger partial charge >= 0.3 is 0 Å². The highest BCUT2D eigenvalue weighted by Crippen LogP contribution is 2.30. The van der Waals surface area contributed by atoms with Crippen molar-refractivity contribution in [2.75, 3.05) is 11.4 Å². The van der Waals surface area contributed by atoms with Crippen molar-refractivity contribution in [1.82, 2.24) is 0 Å². The number of hydrogen-bond acceptors (Lipinski definition) is 3. The number of benzene rings is 1. The number of primary amides is 1. The van der Waals surface area contributed by atoms with Gasteiger partial charge in [-0.2, -0.15) is 0 Å². The van der Waals surface area contributed by atoms with Crippen molar-refractivity contribution in [3.63, 3.8) is 0 Å². The van der Waals surface area contributed by atoms with E-state index in [0.717, 1.165) is 25.7 Å². The van der Waals surface area contributed by atoms with Crippen molar-refractivity contribution >= 4 is 11.6 Å². The Hall–Kier alpha value is -1.62. The Labute approximate surface area is 112 Å². The molecule has 1 aromatic rings. The second kappa shape index (κ2) is 6.02. The van der Waals surface area contributed by atoms with E-state index in [1.165, 1.54) is 6.07 Å². The molecule has 1 aromatic carbocycles. The van der Waals surface area contributed by atoms with Crippen molar-refractivity contribution < 1.29 is 14.3 Å². The van der Waals surface area contributed by atoms with Crippen molar-refractivity contribution in [3.05, 3.63) is 29.6 Å². The Morgan fingerprint density at radius 2 is 2.11 bits per heavy atom. The number of anilines is 1. The Morgan fingerprint density at radius 3 is 2.63 bits per heavy atom. The minimum atomic E-state index is -0.461. The lowest BCUT2D eigenvalue weighted by Gasteiger charge is -2.30. The van der Waals surface area contributed by atoms with Gasteiger partial charge in [0.05, 0.1) is 18.8 Å². The van der Waals surface area contributed by atoms with E-state index in [2.05, 4.69) is 0 Å². The van der Waals surface area contributed by atoms with Crippen LogP contribution in [0, 0.1) is 5.82 Å². The maximum absolute atomic E-state index is 14.1. The summed E-state index contributed by atoms with van der Waals surface area (Å²) in [5.41, 5.74) is 6.17. The molecular formula is C14H19FN2O2. The molecule has 0 aliphatic heterocycles. The molecule has 2 rings (SSSR count). The average Bonchev–Trinajstić information content (AvgIpc) is 2.89. The minimum Gasteiger partial charge on any atom is -0.392 e. The van der Waals surface area contributed by atoms with Crippen LogP contribution < -0.4 is 10.6 Å². The highest BCUT2D eigenvalue weighted by molar-refractivity contribution is 5.79. The number of carbonyl (C=O) groups excluding carboxylic acids is 1. The smallest absolute Gasteiger partial charge is 0.236 e. The molecule has 0 unspecified atom stereocenters. The Balaban J connectivity index is 2.28. The fourth-order valence-electron chi connectivity index (χ4n) is 2.68. The number of aliphatic hydroxyl groups excluding tert-OH is 1. The van der Waals surface area contributed by atoms with Crippen LogP contribution in [-0.4, -0.2) is 23.6 Å². The molecule has 104 valence electrons. The van der Waals surface area contributed by atoms with Gasteiger partial charge in [-0.25, -0.2) is 4.39 Å². The fraction of sp³-hybridized carbons (Fsp3) is 0.500. The van der Waals surface area contributed by atoms with Gasteiger partial charge in [0.2, 0.25) is 5.91 Å². The van der Waals surface area contributed by atoms with Gasteiger partial charge < -0.3 is 15.7 Å². The fourth-order valence-corrected chi connectivity index (χ4v) is 2.68. The third kappa shape index (κ3) is 3.23. The van der Waals surface area contributed by atoms with Gasteiger partial charge in [0.1, 0.15) is 5.82 Å². The van der Waals surface area contributed by atoms with Crippen molar-refractivity contribution in [2.24, 2.45) is 5.73 Å². The Bertz CT molecular complexity index is 459. The lowest BCUT2D eigenvalue weighted by Crippen LogP contribution is -2.40. The van der Waals surface area contributed by atoms with E-state index >= 15 is 0 Å².